The van der Waals surface area contributed by atoms with E-state index in [1.807, 2.05) is 40.9 Å². The van der Waals surface area contributed by atoms with Crippen LogP contribution in [0.3, 0.4) is 0 Å². The summed E-state index contributed by atoms with van der Waals surface area (Å²) in [6.07, 6.45) is 1.99. The van der Waals surface area contributed by atoms with Crippen molar-refractivity contribution in [1.29, 1.82) is 0 Å². The molecule has 0 unspecified atom stereocenters. The van der Waals surface area contributed by atoms with Crippen molar-refractivity contribution in [2.24, 2.45) is 0 Å². The minimum Gasteiger partial charge on any atom is -0.310 e. The molecule has 1 saturated heterocycles. The average Bonchev–Trinajstić information content (AvgIpc) is 2.94. The summed E-state index contributed by atoms with van der Waals surface area (Å²) in [7, 11) is 0. The van der Waals surface area contributed by atoms with E-state index in [0.717, 1.165) is 31.0 Å². The summed E-state index contributed by atoms with van der Waals surface area (Å²) >= 11 is 0. The standard InChI is InChI=1S/C18H24N4O/c1-14-4-6-17(7-5-14)22-12-16(3)20(13-18(22)23)10-11-21-9-8-15(2)19-21/h4-9,16H,10-13H2,1-3H3/t16-/m0/s1. The van der Waals surface area contributed by atoms with Crippen molar-refractivity contribution >= 4 is 11.6 Å². The number of carbonyl (C=O) groups is 1. The number of hydrogen-bond donors (Lipinski definition) is 0. The lowest BCUT2D eigenvalue weighted by Crippen LogP contribution is -2.55. The molecule has 1 aromatic heterocycles. The minimum atomic E-state index is 0.170. The Morgan fingerprint density at radius 3 is 2.52 bits per heavy atom. The van der Waals surface area contributed by atoms with Crippen LogP contribution in [0.15, 0.2) is 36.5 Å². The topological polar surface area (TPSA) is 41.4 Å². The molecule has 0 N–H and O–H groups in total. The molecule has 1 aliphatic heterocycles. The Labute approximate surface area is 137 Å². The third-order valence-electron chi connectivity index (χ3n) is 4.45. The Bertz CT molecular complexity index is 677. The van der Waals surface area contributed by atoms with Crippen LogP contribution in [0, 0.1) is 13.8 Å². The highest BCUT2D eigenvalue weighted by Crippen LogP contribution is 2.20. The maximum Gasteiger partial charge on any atom is 0.241 e. The third-order valence-corrected chi connectivity index (χ3v) is 4.45. The molecule has 1 fully saturated rings. The Hall–Kier alpha value is -2.14. The molecule has 2 aromatic rings. The quantitative estimate of drug-likeness (QED) is 0.869. The summed E-state index contributed by atoms with van der Waals surface area (Å²) in [5.74, 6) is 0.170. The van der Waals surface area contributed by atoms with E-state index >= 15 is 0 Å². The Kier molecular flexibility index (Phi) is 4.48. The van der Waals surface area contributed by atoms with Gasteiger partial charge >= 0.3 is 0 Å². The van der Waals surface area contributed by atoms with Crippen LogP contribution in [0.5, 0.6) is 0 Å². The van der Waals surface area contributed by atoms with E-state index in [-0.39, 0.29) is 5.91 Å². The van der Waals surface area contributed by atoms with Crippen LogP contribution in [0.4, 0.5) is 5.69 Å². The van der Waals surface area contributed by atoms with Crippen LogP contribution in [-0.2, 0) is 11.3 Å². The zero-order chi connectivity index (χ0) is 16.4. The molecule has 5 nitrogen and oxygen atoms in total. The van der Waals surface area contributed by atoms with Gasteiger partial charge in [-0.15, -0.1) is 0 Å². The summed E-state index contributed by atoms with van der Waals surface area (Å²) < 4.78 is 1.94. The fourth-order valence-electron chi connectivity index (χ4n) is 2.99. The van der Waals surface area contributed by atoms with Gasteiger partial charge in [-0.1, -0.05) is 17.7 Å². The van der Waals surface area contributed by atoms with Gasteiger partial charge in [-0.05, 0) is 39.0 Å². The van der Waals surface area contributed by atoms with Crippen molar-refractivity contribution in [1.82, 2.24) is 14.7 Å². The first-order valence-electron chi connectivity index (χ1n) is 8.14. The molecule has 3 rings (SSSR count). The molecular weight excluding hydrogens is 288 g/mol. The molecule has 0 aliphatic carbocycles. The second-order valence-electron chi connectivity index (χ2n) is 6.38. The van der Waals surface area contributed by atoms with Gasteiger partial charge in [-0.2, -0.15) is 5.10 Å². The van der Waals surface area contributed by atoms with Gasteiger partial charge < -0.3 is 4.90 Å². The van der Waals surface area contributed by atoms with E-state index in [0.29, 0.717) is 12.6 Å². The lowest BCUT2D eigenvalue weighted by atomic mass is 10.1. The zero-order valence-electron chi connectivity index (χ0n) is 14.1. The number of hydrogen-bond acceptors (Lipinski definition) is 3. The molecule has 1 aromatic carbocycles. The molecule has 1 amide bonds. The number of aromatic nitrogens is 2. The highest BCUT2D eigenvalue weighted by Gasteiger charge is 2.29. The molecule has 0 saturated carbocycles. The monoisotopic (exact) mass is 312 g/mol. The third kappa shape index (κ3) is 3.62. The fraction of sp³-hybridized carbons (Fsp3) is 0.444. The van der Waals surface area contributed by atoms with E-state index in [9.17, 15) is 4.79 Å². The van der Waals surface area contributed by atoms with Gasteiger partial charge in [0.2, 0.25) is 5.91 Å². The van der Waals surface area contributed by atoms with Gasteiger partial charge in [0.05, 0.1) is 18.8 Å². The van der Waals surface area contributed by atoms with Crippen molar-refractivity contribution in [3.8, 4) is 0 Å². The Morgan fingerprint density at radius 1 is 1.13 bits per heavy atom. The van der Waals surface area contributed by atoms with Gasteiger partial charge in [0.1, 0.15) is 0 Å². The van der Waals surface area contributed by atoms with Gasteiger partial charge in [-0.3, -0.25) is 14.4 Å². The highest BCUT2D eigenvalue weighted by atomic mass is 16.2. The van der Waals surface area contributed by atoms with E-state index in [2.05, 4.69) is 36.0 Å². The van der Waals surface area contributed by atoms with Crippen LogP contribution < -0.4 is 4.90 Å². The number of piperazine rings is 1. The van der Waals surface area contributed by atoms with Crippen LogP contribution in [0.2, 0.25) is 0 Å². The van der Waals surface area contributed by atoms with E-state index in [1.54, 1.807) is 0 Å². The molecule has 23 heavy (non-hydrogen) atoms. The van der Waals surface area contributed by atoms with Gasteiger partial charge in [0.25, 0.3) is 0 Å². The molecule has 0 spiro atoms. The summed E-state index contributed by atoms with van der Waals surface area (Å²) in [6, 6.07) is 10.5. The molecule has 1 aliphatic rings. The van der Waals surface area contributed by atoms with Gasteiger partial charge in [-0.25, -0.2) is 0 Å². The summed E-state index contributed by atoms with van der Waals surface area (Å²) in [5, 5.41) is 4.40. The Morgan fingerprint density at radius 2 is 1.87 bits per heavy atom. The van der Waals surface area contributed by atoms with Crippen LogP contribution in [0.25, 0.3) is 0 Å². The maximum absolute atomic E-state index is 12.5. The summed E-state index contributed by atoms with van der Waals surface area (Å²) in [6.45, 7) is 9.09. The first-order valence-corrected chi connectivity index (χ1v) is 8.14. The van der Waals surface area contributed by atoms with Crippen LogP contribution >= 0.6 is 0 Å². The Balaban J connectivity index is 1.62. The molecule has 2 heterocycles. The van der Waals surface area contributed by atoms with Crippen molar-refractivity contribution < 1.29 is 4.79 Å². The van der Waals surface area contributed by atoms with Crippen LogP contribution in [-0.4, -0.2) is 46.3 Å². The zero-order valence-corrected chi connectivity index (χ0v) is 14.1. The summed E-state index contributed by atoms with van der Waals surface area (Å²) in [4.78, 5) is 16.7. The predicted molar refractivity (Wildman–Crippen MR) is 91.5 cm³/mol. The molecule has 0 bridgehead atoms. The first kappa shape index (κ1) is 15.7. The number of benzene rings is 1. The first-order chi connectivity index (χ1) is 11.0. The predicted octanol–water partition coefficient (Wildman–Crippen LogP) is 2.24. The molecule has 1 atom stereocenters. The second kappa shape index (κ2) is 6.54. The number of amides is 1. The van der Waals surface area contributed by atoms with Crippen molar-refractivity contribution in [2.75, 3.05) is 24.5 Å². The van der Waals surface area contributed by atoms with Gasteiger partial charge in [0, 0.05) is 31.0 Å². The number of aryl methyl sites for hydroxylation is 2. The molecule has 122 valence electrons. The van der Waals surface area contributed by atoms with Crippen molar-refractivity contribution in [3.05, 3.63) is 47.8 Å². The SMILES string of the molecule is Cc1ccc(N2C[C@H](C)N(CCn3ccc(C)n3)CC2=O)cc1. The second-order valence-corrected chi connectivity index (χ2v) is 6.38. The van der Waals surface area contributed by atoms with Crippen molar-refractivity contribution in [3.63, 3.8) is 0 Å². The van der Waals surface area contributed by atoms with E-state index in [4.69, 9.17) is 0 Å². The lowest BCUT2D eigenvalue weighted by Gasteiger charge is -2.39. The highest BCUT2D eigenvalue weighted by molar-refractivity contribution is 5.95. The normalized spacial score (nSPS) is 19.3. The lowest BCUT2D eigenvalue weighted by molar-refractivity contribution is -0.122. The minimum absolute atomic E-state index is 0.170. The number of carbonyl (C=O) groups excluding carboxylic acids is 1. The number of rotatable bonds is 4. The fourth-order valence-corrected chi connectivity index (χ4v) is 2.99. The van der Waals surface area contributed by atoms with E-state index in [1.165, 1.54) is 5.56 Å². The maximum atomic E-state index is 12.5. The van der Waals surface area contributed by atoms with E-state index < -0.39 is 0 Å². The summed E-state index contributed by atoms with van der Waals surface area (Å²) in [5.41, 5.74) is 3.23. The number of anilines is 1. The molecular formula is C18H24N4O. The molecule has 0 radical (unpaired) electrons. The largest absolute Gasteiger partial charge is 0.310 e. The molecule has 5 heteroatoms. The van der Waals surface area contributed by atoms with Gasteiger partial charge in [0.15, 0.2) is 0 Å². The smallest absolute Gasteiger partial charge is 0.241 e. The van der Waals surface area contributed by atoms with Crippen molar-refractivity contribution in [2.45, 2.75) is 33.4 Å². The van der Waals surface area contributed by atoms with Crippen LogP contribution in [0.1, 0.15) is 18.2 Å². The average molecular weight is 312 g/mol. The number of nitrogens with zero attached hydrogens (tertiary/aromatic N) is 4.